The van der Waals surface area contributed by atoms with Gasteiger partial charge >= 0.3 is 6.09 Å². The molecule has 6 nitrogen and oxygen atoms in total. The lowest BCUT2D eigenvalue weighted by atomic mass is 10.0. The Balaban J connectivity index is 1.93. The Morgan fingerprint density at radius 3 is 2.52 bits per heavy atom. The van der Waals surface area contributed by atoms with Crippen LogP contribution in [0.2, 0.25) is 0 Å². The Labute approximate surface area is 160 Å². The first-order valence-corrected chi connectivity index (χ1v) is 8.83. The van der Waals surface area contributed by atoms with Gasteiger partial charge in [-0.1, -0.05) is 38.1 Å². The molecule has 2 aromatic rings. The van der Waals surface area contributed by atoms with Gasteiger partial charge in [0.25, 0.3) is 0 Å². The number of ether oxygens (including phenoxy) is 3. The minimum atomic E-state index is -0.628. The summed E-state index contributed by atoms with van der Waals surface area (Å²) in [5.74, 6) is 1.94. The topological polar surface area (TPSA) is 69.2 Å². The van der Waals surface area contributed by atoms with Crippen molar-refractivity contribution in [3.05, 3.63) is 59.2 Å². The van der Waals surface area contributed by atoms with Crippen LogP contribution in [0.1, 0.15) is 36.5 Å². The highest BCUT2D eigenvalue weighted by Crippen LogP contribution is 2.27. The van der Waals surface area contributed by atoms with Crippen molar-refractivity contribution in [2.45, 2.75) is 26.7 Å². The number of methoxy groups -OCH3 is 1. The number of nitrogens with zero attached hydrogens (tertiary/aromatic N) is 1. The predicted molar refractivity (Wildman–Crippen MR) is 106 cm³/mol. The molecular formula is C21H26N2O4. The van der Waals surface area contributed by atoms with Crippen molar-refractivity contribution in [1.29, 1.82) is 0 Å². The summed E-state index contributed by atoms with van der Waals surface area (Å²) in [4.78, 5) is 11.0. The molecule has 0 aliphatic carbocycles. The van der Waals surface area contributed by atoms with Gasteiger partial charge in [0.05, 0.1) is 13.3 Å². The number of para-hydroxylation sites is 1. The lowest BCUT2D eigenvalue weighted by Crippen LogP contribution is -2.17. The van der Waals surface area contributed by atoms with Gasteiger partial charge in [0.15, 0.2) is 0 Å². The third kappa shape index (κ3) is 6.33. The van der Waals surface area contributed by atoms with Gasteiger partial charge < -0.3 is 14.2 Å². The van der Waals surface area contributed by atoms with Crippen molar-refractivity contribution in [3.8, 4) is 11.5 Å². The molecule has 2 rings (SSSR count). The Kier molecular flexibility index (Phi) is 7.67. The Morgan fingerprint density at radius 1 is 1.11 bits per heavy atom. The van der Waals surface area contributed by atoms with Crippen molar-refractivity contribution >= 4 is 12.3 Å². The van der Waals surface area contributed by atoms with Gasteiger partial charge in [-0.05, 0) is 42.2 Å². The molecule has 0 unspecified atom stereocenters. The zero-order chi connectivity index (χ0) is 19.6. The fourth-order valence-electron chi connectivity index (χ4n) is 2.47. The van der Waals surface area contributed by atoms with Crippen LogP contribution in [0.25, 0.3) is 0 Å². The van der Waals surface area contributed by atoms with Crippen molar-refractivity contribution in [1.82, 2.24) is 5.43 Å². The molecule has 0 atom stereocenters. The van der Waals surface area contributed by atoms with Crippen LogP contribution >= 0.6 is 0 Å². The van der Waals surface area contributed by atoms with E-state index in [1.165, 1.54) is 18.9 Å². The molecule has 0 heterocycles. The zero-order valence-corrected chi connectivity index (χ0v) is 16.2. The van der Waals surface area contributed by atoms with E-state index in [0.29, 0.717) is 24.9 Å². The third-order valence-electron chi connectivity index (χ3n) is 3.85. The lowest BCUT2D eigenvalue weighted by Gasteiger charge is -2.15. The number of aryl methyl sites for hydroxylation is 1. The number of hydrazone groups is 1. The summed E-state index contributed by atoms with van der Waals surface area (Å²) < 4.78 is 16.2. The fraction of sp³-hybridized carbons (Fsp3) is 0.333. The monoisotopic (exact) mass is 370 g/mol. The highest BCUT2D eigenvalue weighted by molar-refractivity contribution is 5.84. The first-order chi connectivity index (χ1) is 13.0. The van der Waals surface area contributed by atoms with Crippen LogP contribution < -0.4 is 14.9 Å². The largest absolute Gasteiger partial charge is 0.490 e. The van der Waals surface area contributed by atoms with Crippen molar-refractivity contribution in [2.24, 2.45) is 5.10 Å². The molecule has 0 saturated carbocycles. The van der Waals surface area contributed by atoms with Gasteiger partial charge in [0.2, 0.25) is 0 Å². The van der Waals surface area contributed by atoms with Crippen molar-refractivity contribution in [2.75, 3.05) is 20.3 Å². The third-order valence-corrected chi connectivity index (χ3v) is 3.85. The van der Waals surface area contributed by atoms with E-state index in [1.54, 1.807) is 0 Å². The molecular weight excluding hydrogens is 344 g/mol. The number of carbonyl (C=O) groups excluding carboxylic acids is 1. The van der Waals surface area contributed by atoms with Crippen LogP contribution in [0.15, 0.2) is 47.6 Å². The van der Waals surface area contributed by atoms with E-state index in [1.807, 2.05) is 31.2 Å². The molecule has 0 spiro atoms. The van der Waals surface area contributed by atoms with Gasteiger partial charge in [-0.15, -0.1) is 0 Å². The Bertz CT molecular complexity index is 788. The number of benzene rings is 2. The molecule has 0 bridgehead atoms. The standard InChI is InChI=1S/C21H26N2O4/c1-15(2)18-10-9-16(3)13-20(18)27-12-11-26-19-8-6-5-7-17(19)14-22-23-21(24)25-4/h5-10,13-15H,11-12H2,1-4H3,(H,23,24). The summed E-state index contributed by atoms with van der Waals surface area (Å²) in [5.41, 5.74) is 5.33. The average Bonchev–Trinajstić information content (AvgIpc) is 2.66. The molecule has 0 radical (unpaired) electrons. The van der Waals surface area contributed by atoms with E-state index in [-0.39, 0.29) is 0 Å². The van der Waals surface area contributed by atoms with Crippen molar-refractivity contribution in [3.63, 3.8) is 0 Å². The molecule has 0 aliphatic heterocycles. The van der Waals surface area contributed by atoms with E-state index >= 15 is 0 Å². The maximum Gasteiger partial charge on any atom is 0.427 e. The molecule has 0 fully saturated rings. The molecule has 2 aromatic carbocycles. The van der Waals surface area contributed by atoms with Gasteiger partial charge in [-0.3, -0.25) is 0 Å². The van der Waals surface area contributed by atoms with Gasteiger partial charge in [0, 0.05) is 5.56 Å². The second kappa shape index (κ2) is 10.2. The van der Waals surface area contributed by atoms with E-state index in [2.05, 4.69) is 47.3 Å². The first kappa shape index (κ1) is 20.3. The minimum absolute atomic E-state index is 0.390. The minimum Gasteiger partial charge on any atom is -0.490 e. The summed E-state index contributed by atoms with van der Waals surface area (Å²) in [6, 6.07) is 13.7. The van der Waals surface area contributed by atoms with E-state index in [9.17, 15) is 4.79 Å². The number of rotatable bonds is 8. The average molecular weight is 370 g/mol. The van der Waals surface area contributed by atoms with Crippen LogP contribution in [0.5, 0.6) is 11.5 Å². The summed E-state index contributed by atoms with van der Waals surface area (Å²) in [7, 11) is 1.28. The molecule has 0 saturated heterocycles. The SMILES string of the molecule is COC(=O)NN=Cc1ccccc1OCCOc1cc(C)ccc1C(C)C. The van der Waals surface area contributed by atoms with Gasteiger partial charge in [-0.2, -0.15) is 5.10 Å². The summed E-state index contributed by atoms with van der Waals surface area (Å²) in [5, 5.41) is 3.83. The van der Waals surface area contributed by atoms with Crippen LogP contribution in [-0.2, 0) is 4.74 Å². The van der Waals surface area contributed by atoms with E-state index < -0.39 is 6.09 Å². The molecule has 144 valence electrons. The van der Waals surface area contributed by atoms with Crippen LogP contribution in [0, 0.1) is 6.92 Å². The normalized spacial score (nSPS) is 10.9. The quantitative estimate of drug-likeness (QED) is 0.428. The maximum absolute atomic E-state index is 11.0. The van der Waals surface area contributed by atoms with E-state index in [4.69, 9.17) is 9.47 Å². The second-order valence-electron chi connectivity index (χ2n) is 6.29. The summed E-state index contributed by atoms with van der Waals surface area (Å²) in [6.07, 6.45) is 0.877. The summed E-state index contributed by atoms with van der Waals surface area (Å²) >= 11 is 0. The smallest absolute Gasteiger partial charge is 0.427 e. The highest BCUT2D eigenvalue weighted by atomic mass is 16.5. The van der Waals surface area contributed by atoms with E-state index in [0.717, 1.165) is 16.9 Å². The van der Waals surface area contributed by atoms with Crippen LogP contribution in [0.4, 0.5) is 4.79 Å². The number of amides is 1. The number of hydrogen-bond acceptors (Lipinski definition) is 5. The van der Waals surface area contributed by atoms with Crippen LogP contribution in [-0.4, -0.2) is 32.6 Å². The number of carbonyl (C=O) groups is 1. The molecule has 1 N–H and O–H groups in total. The molecule has 0 aromatic heterocycles. The number of hydrogen-bond donors (Lipinski definition) is 1. The lowest BCUT2D eigenvalue weighted by molar-refractivity contribution is 0.171. The predicted octanol–water partition coefficient (Wildman–Crippen LogP) is 4.27. The Morgan fingerprint density at radius 2 is 1.81 bits per heavy atom. The number of nitrogens with one attached hydrogen (secondary N) is 1. The van der Waals surface area contributed by atoms with Crippen LogP contribution in [0.3, 0.4) is 0 Å². The fourth-order valence-corrected chi connectivity index (χ4v) is 2.47. The van der Waals surface area contributed by atoms with Gasteiger partial charge in [-0.25, -0.2) is 10.2 Å². The maximum atomic E-state index is 11.0. The zero-order valence-electron chi connectivity index (χ0n) is 16.2. The second-order valence-corrected chi connectivity index (χ2v) is 6.29. The first-order valence-electron chi connectivity index (χ1n) is 8.83. The van der Waals surface area contributed by atoms with Crippen molar-refractivity contribution < 1.29 is 19.0 Å². The molecule has 1 amide bonds. The summed E-state index contributed by atoms with van der Waals surface area (Å²) in [6.45, 7) is 7.15. The molecule has 0 aliphatic rings. The van der Waals surface area contributed by atoms with Gasteiger partial charge in [0.1, 0.15) is 24.7 Å². The Hall–Kier alpha value is -3.02. The highest BCUT2D eigenvalue weighted by Gasteiger charge is 2.08. The molecule has 6 heteroatoms. The molecule has 27 heavy (non-hydrogen) atoms.